The Morgan fingerprint density at radius 2 is 2.05 bits per heavy atom. The normalized spacial score (nSPS) is 25.9. The van der Waals surface area contributed by atoms with E-state index in [1.54, 1.807) is 0 Å². The van der Waals surface area contributed by atoms with Gasteiger partial charge in [-0.15, -0.1) is 0 Å². The van der Waals surface area contributed by atoms with Crippen LogP contribution in [0.1, 0.15) is 12.8 Å². The second kappa shape index (κ2) is 5.15. The third kappa shape index (κ3) is 2.19. The number of nitrogens with zero attached hydrogens (tertiary/aromatic N) is 3. The zero-order chi connectivity index (χ0) is 13.5. The molecular formula is C16H18IN3. The highest BCUT2D eigenvalue weighted by Gasteiger charge is 2.31. The van der Waals surface area contributed by atoms with Crippen molar-refractivity contribution in [2.45, 2.75) is 18.9 Å². The van der Waals surface area contributed by atoms with Crippen molar-refractivity contribution < 1.29 is 0 Å². The number of pyridine rings is 1. The Balaban J connectivity index is 1.75. The highest BCUT2D eigenvalue weighted by Crippen LogP contribution is 2.31. The standard InChI is InChI=1S/C16H18IN3/c17-16-15(10-12-4-1-2-6-14(12)18-16)20-9-8-19-7-3-5-13(20)11-19/h1-2,4,6,10,13H,3,5,7-9,11H2. The number of rotatable bonds is 1. The second-order valence-electron chi connectivity index (χ2n) is 5.78. The molecule has 2 atom stereocenters. The van der Waals surface area contributed by atoms with E-state index in [1.165, 1.54) is 43.5 Å². The molecule has 2 fully saturated rings. The van der Waals surface area contributed by atoms with Crippen LogP contribution >= 0.6 is 22.6 Å². The van der Waals surface area contributed by atoms with Crippen molar-refractivity contribution in [3.8, 4) is 0 Å². The number of hydrogen-bond acceptors (Lipinski definition) is 3. The maximum atomic E-state index is 4.79. The molecule has 3 nitrogen and oxygen atoms in total. The number of piperidine rings is 1. The summed E-state index contributed by atoms with van der Waals surface area (Å²) in [4.78, 5) is 9.99. The van der Waals surface area contributed by atoms with E-state index in [4.69, 9.17) is 4.98 Å². The zero-order valence-electron chi connectivity index (χ0n) is 11.4. The summed E-state index contributed by atoms with van der Waals surface area (Å²) in [7, 11) is 0. The van der Waals surface area contributed by atoms with Gasteiger partial charge < -0.3 is 4.90 Å². The van der Waals surface area contributed by atoms with Crippen molar-refractivity contribution >= 4 is 39.2 Å². The Labute approximate surface area is 133 Å². The number of hydrogen-bond donors (Lipinski definition) is 0. The molecule has 2 aromatic rings. The SMILES string of the molecule is Ic1nc2ccccc2cc1N1CCN2CCCC1C2. The van der Waals surface area contributed by atoms with E-state index in [0.717, 1.165) is 15.8 Å². The molecule has 0 amide bonds. The molecule has 0 aliphatic carbocycles. The molecule has 2 bridgehead atoms. The summed E-state index contributed by atoms with van der Waals surface area (Å²) in [5.41, 5.74) is 2.43. The monoisotopic (exact) mass is 379 g/mol. The smallest absolute Gasteiger partial charge is 0.125 e. The molecule has 20 heavy (non-hydrogen) atoms. The lowest BCUT2D eigenvalue weighted by Crippen LogP contribution is -2.56. The number of aromatic nitrogens is 1. The van der Waals surface area contributed by atoms with E-state index in [0.29, 0.717) is 6.04 Å². The number of fused-ring (bicyclic) bond motifs is 3. The van der Waals surface area contributed by atoms with Gasteiger partial charge in [-0.3, -0.25) is 4.90 Å². The van der Waals surface area contributed by atoms with Gasteiger partial charge in [0.25, 0.3) is 0 Å². The predicted octanol–water partition coefficient (Wildman–Crippen LogP) is 3.12. The molecule has 2 aliphatic rings. The lowest BCUT2D eigenvalue weighted by Gasteiger charge is -2.46. The minimum atomic E-state index is 0.675. The topological polar surface area (TPSA) is 19.4 Å². The van der Waals surface area contributed by atoms with Gasteiger partial charge in [0.1, 0.15) is 3.70 Å². The Morgan fingerprint density at radius 1 is 1.15 bits per heavy atom. The van der Waals surface area contributed by atoms with Crippen molar-refractivity contribution in [1.29, 1.82) is 0 Å². The van der Waals surface area contributed by atoms with Crippen LogP contribution in [0.5, 0.6) is 0 Å². The fraction of sp³-hybridized carbons (Fsp3) is 0.438. The summed E-state index contributed by atoms with van der Waals surface area (Å²) < 4.78 is 1.14. The van der Waals surface area contributed by atoms with Gasteiger partial charge in [0, 0.05) is 31.1 Å². The summed E-state index contributed by atoms with van der Waals surface area (Å²) in [6.45, 7) is 4.85. The minimum Gasteiger partial charge on any atom is -0.364 e. The highest BCUT2D eigenvalue weighted by molar-refractivity contribution is 14.1. The lowest BCUT2D eigenvalue weighted by molar-refractivity contribution is 0.174. The van der Waals surface area contributed by atoms with Crippen molar-refractivity contribution in [3.63, 3.8) is 0 Å². The van der Waals surface area contributed by atoms with Crippen molar-refractivity contribution in [2.75, 3.05) is 31.1 Å². The minimum absolute atomic E-state index is 0.675. The van der Waals surface area contributed by atoms with Gasteiger partial charge in [-0.05, 0) is 54.1 Å². The van der Waals surface area contributed by atoms with Crippen LogP contribution in [0.3, 0.4) is 0 Å². The van der Waals surface area contributed by atoms with Crippen molar-refractivity contribution in [2.24, 2.45) is 0 Å². The molecular weight excluding hydrogens is 361 g/mol. The first-order valence-corrected chi connectivity index (χ1v) is 8.43. The van der Waals surface area contributed by atoms with Gasteiger partial charge >= 0.3 is 0 Å². The Kier molecular flexibility index (Phi) is 3.30. The molecule has 1 aromatic heterocycles. The third-order valence-corrected chi connectivity index (χ3v) is 5.34. The van der Waals surface area contributed by atoms with Crippen LogP contribution in [-0.2, 0) is 0 Å². The van der Waals surface area contributed by atoms with E-state index in [-0.39, 0.29) is 0 Å². The first-order valence-electron chi connectivity index (χ1n) is 7.35. The first-order chi connectivity index (χ1) is 9.81. The molecule has 4 rings (SSSR count). The summed E-state index contributed by atoms with van der Waals surface area (Å²) >= 11 is 2.39. The van der Waals surface area contributed by atoms with Crippen LogP contribution in [0, 0.1) is 3.70 Å². The average molecular weight is 379 g/mol. The Bertz CT molecular complexity index is 643. The maximum Gasteiger partial charge on any atom is 0.125 e. The van der Waals surface area contributed by atoms with Gasteiger partial charge in [0.2, 0.25) is 0 Å². The largest absolute Gasteiger partial charge is 0.364 e. The summed E-state index contributed by atoms with van der Waals surface area (Å²) in [6, 6.07) is 11.4. The van der Waals surface area contributed by atoms with E-state index in [1.807, 2.05) is 0 Å². The highest BCUT2D eigenvalue weighted by atomic mass is 127. The second-order valence-corrected chi connectivity index (χ2v) is 6.80. The van der Waals surface area contributed by atoms with E-state index in [9.17, 15) is 0 Å². The van der Waals surface area contributed by atoms with E-state index >= 15 is 0 Å². The predicted molar refractivity (Wildman–Crippen MR) is 91.3 cm³/mol. The van der Waals surface area contributed by atoms with Crippen LogP contribution in [0.2, 0.25) is 0 Å². The van der Waals surface area contributed by atoms with Crippen LogP contribution in [0.15, 0.2) is 30.3 Å². The number of piperazine rings is 1. The van der Waals surface area contributed by atoms with Gasteiger partial charge in [-0.25, -0.2) is 4.98 Å². The fourth-order valence-corrected chi connectivity index (χ4v) is 4.25. The summed E-state index contributed by atoms with van der Waals surface area (Å²) in [5.74, 6) is 0. The summed E-state index contributed by atoms with van der Waals surface area (Å²) in [5, 5.41) is 1.25. The fourth-order valence-electron chi connectivity index (χ4n) is 3.52. The maximum absolute atomic E-state index is 4.79. The third-order valence-electron chi connectivity index (χ3n) is 4.55. The number of halogens is 1. The van der Waals surface area contributed by atoms with Gasteiger partial charge in [-0.2, -0.15) is 0 Å². The van der Waals surface area contributed by atoms with Crippen LogP contribution in [0.4, 0.5) is 5.69 Å². The van der Waals surface area contributed by atoms with Gasteiger partial charge in [-0.1, -0.05) is 18.2 Å². The molecule has 2 unspecified atom stereocenters. The number of anilines is 1. The van der Waals surface area contributed by atoms with Gasteiger partial charge in [0.05, 0.1) is 11.2 Å². The molecule has 0 N–H and O–H groups in total. The lowest BCUT2D eigenvalue weighted by atomic mass is 10.0. The molecule has 3 heterocycles. The van der Waals surface area contributed by atoms with Crippen LogP contribution < -0.4 is 4.90 Å². The zero-order valence-corrected chi connectivity index (χ0v) is 13.6. The average Bonchev–Trinajstić information content (AvgIpc) is 2.48. The number of para-hydroxylation sites is 1. The molecule has 0 radical (unpaired) electrons. The van der Waals surface area contributed by atoms with E-state index in [2.05, 4.69) is 62.7 Å². The molecule has 104 valence electrons. The quantitative estimate of drug-likeness (QED) is 0.561. The van der Waals surface area contributed by atoms with Crippen LogP contribution in [0.25, 0.3) is 10.9 Å². The van der Waals surface area contributed by atoms with Crippen molar-refractivity contribution in [3.05, 3.63) is 34.0 Å². The van der Waals surface area contributed by atoms with E-state index < -0.39 is 0 Å². The van der Waals surface area contributed by atoms with Gasteiger partial charge in [0.15, 0.2) is 0 Å². The Morgan fingerprint density at radius 3 is 3.00 bits per heavy atom. The molecule has 4 heteroatoms. The molecule has 0 saturated carbocycles. The first kappa shape index (κ1) is 12.8. The molecule has 2 saturated heterocycles. The molecule has 1 aromatic carbocycles. The molecule has 2 aliphatic heterocycles. The Hall–Kier alpha value is -0.880. The number of benzene rings is 1. The van der Waals surface area contributed by atoms with Crippen LogP contribution in [-0.4, -0.2) is 42.1 Å². The molecule has 0 spiro atoms. The van der Waals surface area contributed by atoms with Crippen molar-refractivity contribution in [1.82, 2.24) is 9.88 Å². The summed E-state index contributed by atoms with van der Waals surface area (Å²) in [6.07, 6.45) is 2.65.